The molecule has 0 aromatic heterocycles. The molecule has 1 aromatic carbocycles. The zero-order valence-electron chi connectivity index (χ0n) is 16.4. The Labute approximate surface area is 174 Å². The number of hydrogen-bond acceptors (Lipinski definition) is 10. The summed E-state index contributed by atoms with van der Waals surface area (Å²) in [5, 5.41) is 59.2. The van der Waals surface area contributed by atoms with Gasteiger partial charge in [-0.15, -0.1) is 0 Å². The van der Waals surface area contributed by atoms with Crippen LogP contribution in [0.15, 0.2) is 30.3 Å². The van der Waals surface area contributed by atoms with Gasteiger partial charge in [0.2, 0.25) is 0 Å². The molecule has 0 unspecified atom stereocenters. The van der Waals surface area contributed by atoms with Crippen molar-refractivity contribution in [2.45, 2.75) is 68.1 Å². The van der Waals surface area contributed by atoms with Gasteiger partial charge in [0.25, 0.3) is 0 Å². The van der Waals surface area contributed by atoms with Crippen molar-refractivity contribution in [1.29, 1.82) is 0 Å². The Morgan fingerprint density at radius 3 is 2.00 bits per heavy atom. The molecule has 3 rings (SSSR count). The maximum atomic E-state index is 10.2. The first kappa shape index (κ1) is 23.5. The summed E-state index contributed by atoms with van der Waals surface area (Å²) < 4.78 is 21.7. The van der Waals surface area contributed by atoms with Crippen LogP contribution in [-0.4, -0.2) is 106 Å². The van der Waals surface area contributed by atoms with Crippen molar-refractivity contribution in [2.75, 3.05) is 19.8 Å². The zero-order valence-corrected chi connectivity index (χ0v) is 16.4. The monoisotopic (exact) mass is 430 g/mol. The maximum absolute atomic E-state index is 10.2. The van der Waals surface area contributed by atoms with Crippen molar-refractivity contribution in [1.82, 2.24) is 0 Å². The molecule has 170 valence electrons. The molecule has 0 radical (unpaired) electrons. The fraction of sp³-hybridized carbons (Fsp3) is 0.700. The Morgan fingerprint density at radius 1 is 0.733 bits per heavy atom. The van der Waals surface area contributed by atoms with Crippen molar-refractivity contribution in [3.63, 3.8) is 0 Å². The van der Waals surface area contributed by atoms with Gasteiger partial charge in [0.05, 0.1) is 19.8 Å². The maximum Gasteiger partial charge on any atom is 0.186 e. The SMILES string of the molecule is OC[C@@H]1O[C@@H](OC[C@H]2O[C@@H](OCCCc3ccccc3)[C@H](O)[C@@H](O)[C@@H]2O)[C@H](O)[C@H]1O. The van der Waals surface area contributed by atoms with Crippen molar-refractivity contribution in [2.24, 2.45) is 0 Å². The van der Waals surface area contributed by atoms with Crippen LogP contribution in [0.25, 0.3) is 0 Å². The molecule has 10 nitrogen and oxygen atoms in total. The van der Waals surface area contributed by atoms with Crippen LogP contribution in [0.1, 0.15) is 12.0 Å². The lowest BCUT2D eigenvalue weighted by Crippen LogP contribution is -2.59. The highest BCUT2D eigenvalue weighted by molar-refractivity contribution is 5.14. The minimum absolute atomic E-state index is 0.266. The first-order valence-corrected chi connectivity index (χ1v) is 10.0. The molecule has 0 saturated carbocycles. The van der Waals surface area contributed by atoms with Crippen LogP contribution in [0.5, 0.6) is 0 Å². The molecular formula is C20H30O10. The van der Waals surface area contributed by atoms with Gasteiger partial charge >= 0.3 is 0 Å². The largest absolute Gasteiger partial charge is 0.394 e. The van der Waals surface area contributed by atoms with Gasteiger partial charge < -0.3 is 49.6 Å². The first-order chi connectivity index (χ1) is 14.4. The lowest BCUT2D eigenvalue weighted by atomic mass is 9.99. The summed E-state index contributed by atoms with van der Waals surface area (Å²) in [7, 11) is 0. The number of rotatable bonds is 9. The molecule has 2 saturated heterocycles. The average molecular weight is 430 g/mol. The molecule has 2 aliphatic heterocycles. The zero-order chi connectivity index (χ0) is 21.7. The van der Waals surface area contributed by atoms with Gasteiger partial charge in [-0.1, -0.05) is 30.3 Å². The van der Waals surface area contributed by atoms with Gasteiger partial charge in [-0.3, -0.25) is 0 Å². The molecule has 2 aliphatic rings. The summed E-state index contributed by atoms with van der Waals surface area (Å²) in [6.07, 6.45) is -10.1. The van der Waals surface area contributed by atoms with Gasteiger partial charge in [0.1, 0.15) is 42.7 Å². The smallest absolute Gasteiger partial charge is 0.186 e. The van der Waals surface area contributed by atoms with Crippen LogP contribution in [0.4, 0.5) is 0 Å². The molecule has 10 heteroatoms. The van der Waals surface area contributed by atoms with Crippen molar-refractivity contribution < 1.29 is 49.6 Å². The van der Waals surface area contributed by atoms with E-state index in [-0.39, 0.29) is 13.2 Å². The number of aliphatic hydroxyl groups is 6. The van der Waals surface area contributed by atoms with Crippen LogP contribution >= 0.6 is 0 Å². The van der Waals surface area contributed by atoms with Crippen molar-refractivity contribution in [3.8, 4) is 0 Å². The Kier molecular flexibility index (Phi) is 8.54. The molecule has 2 heterocycles. The highest BCUT2D eigenvalue weighted by Crippen LogP contribution is 2.26. The third-order valence-electron chi connectivity index (χ3n) is 5.33. The van der Waals surface area contributed by atoms with E-state index in [1.54, 1.807) is 0 Å². The molecule has 0 amide bonds. The van der Waals surface area contributed by atoms with Crippen molar-refractivity contribution in [3.05, 3.63) is 35.9 Å². The number of hydrogen-bond donors (Lipinski definition) is 6. The van der Waals surface area contributed by atoms with E-state index in [9.17, 15) is 25.5 Å². The van der Waals surface area contributed by atoms with Gasteiger partial charge in [-0.2, -0.15) is 0 Å². The summed E-state index contributed by atoms with van der Waals surface area (Å²) >= 11 is 0. The van der Waals surface area contributed by atoms with Crippen LogP contribution in [0, 0.1) is 0 Å². The minimum atomic E-state index is -1.52. The molecule has 0 bridgehead atoms. The first-order valence-electron chi connectivity index (χ1n) is 10.0. The Morgan fingerprint density at radius 2 is 1.33 bits per heavy atom. The fourth-order valence-corrected chi connectivity index (χ4v) is 3.51. The van der Waals surface area contributed by atoms with E-state index in [4.69, 9.17) is 24.1 Å². The van der Waals surface area contributed by atoms with E-state index in [1.807, 2.05) is 30.3 Å². The topological polar surface area (TPSA) is 158 Å². The van der Waals surface area contributed by atoms with Gasteiger partial charge in [0.15, 0.2) is 12.6 Å². The Hall–Kier alpha value is -1.18. The quantitative estimate of drug-likeness (QED) is 0.240. The lowest BCUT2D eigenvalue weighted by Gasteiger charge is -2.40. The normalized spacial score (nSPS) is 39.3. The number of ether oxygens (including phenoxy) is 4. The summed E-state index contributed by atoms with van der Waals surface area (Å²) in [4.78, 5) is 0. The highest BCUT2D eigenvalue weighted by Gasteiger charge is 2.47. The molecular weight excluding hydrogens is 400 g/mol. The molecule has 0 spiro atoms. The third kappa shape index (κ3) is 5.54. The summed E-state index contributed by atoms with van der Waals surface area (Å²) in [5.74, 6) is 0. The second-order valence-electron chi connectivity index (χ2n) is 7.51. The van der Waals surface area contributed by atoms with E-state index < -0.39 is 61.9 Å². The predicted octanol–water partition coefficient (Wildman–Crippen LogP) is -2.10. The fourth-order valence-electron chi connectivity index (χ4n) is 3.51. The van der Waals surface area contributed by atoms with Crippen molar-refractivity contribution >= 4 is 0 Å². The summed E-state index contributed by atoms with van der Waals surface area (Å²) in [5.41, 5.74) is 1.14. The Balaban J connectivity index is 1.48. The second kappa shape index (κ2) is 10.9. The molecule has 2 fully saturated rings. The molecule has 30 heavy (non-hydrogen) atoms. The summed E-state index contributed by atoms with van der Waals surface area (Å²) in [6, 6.07) is 9.81. The predicted molar refractivity (Wildman–Crippen MR) is 101 cm³/mol. The minimum Gasteiger partial charge on any atom is -0.394 e. The van der Waals surface area contributed by atoms with E-state index in [1.165, 1.54) is 0 Å². The molecule has 1 aromatic rings. The van der Waals surface area contributed by atoms with Crippen LogP contribution in [0.3, 0.4) is 0 Å². The Bertz CT molecular complexity index is 631. The van der Waals surface area contributed by atoms with Crippen LogP contribution in [-0.2, 0) is 25.4 Å². The number of aliphatic hydroxyl groups excluding tert-OH is 6. The van der Waals surface area contributed by atoms with E-state index in [2.05, 4.69) is 0 Å². The third-order valence-corrected chi connectivity index (χ3v) is 5.33. The molecule has 9 atom stereocenters. The number of benzene rings is 1. The van der Waals surface area contributed by atoms with E-state index in [0.29, 0.717) is 6.42 Å². The van der Waals surface area contributed by atoms with Crippen LogP contribution < -0.4 is 0 Å². The second-order valence-corrected chi connectivity index (χ2v) is 7.51. The van der Waals surface area contributed by atoms with E-state index >= 15 is 0 Å². The van der Waals surface area contributed by atoms with E-state index in [0.717, 1.165) is 12.0 Å². The summed E-state index contributed by atoms with van der Waals surface area (Å²) in [6.45, 7) is -0.534. The van der Waals surface area contributed by atoms with Gasteiger partial charge in [-0.25, -0.2) is 0 Å². The standard InChI is InChI=1S/C20H30O10/c21-9-12-14(22)17(25)20(29-12)28-10-13-15(23)16(24)18(26)19(30-13)27-8-4-7-11-5-2-1-3-6-11/h1-3,5-6,12-26H,4,7-10H2/t12-,13+,14-,15+,16-,17+,18+,19+,20+/m0/s1. The lowest BCUT2D eigenvalue weighted by molar-refractivity contribution is -0.310. The molecule has 6 N–H and O–H groups in total. The van der Waals surface area contributed by atoms with Crippen LogP contribution in [0.2, 0.25) is 0 Å². The average Bonchev–Trinajstić information content (AvgIpc) is 3.04. The van der Waals surface area contributed by atoms with Gasteiger partial charge in [-0.05, 0) is 18.4 Å². The molecule has 0 aliphatic carbocycles. The number of aryl methyl sites for hydroxylation is 1. The van der Waals surface area contributed by atoms with Gasteiger partial charge in [0, 0.05) is 0 Å². The highest BCUT2D eigenvalue weighted by atomic mass is 16.7.